The van der Waals surface area contributed by atoms with Crippen molar-refractivity contribution in [3.63, 3.8) is 0 Å². The number of para-hydroxylation sites is 2. The summed E-state index contributed by atoms with van der Waals surface area (Å²) in [7, 11) is 2.06. The van der Waals surface area contributed by atoms with Gasteiger partial charge >= 0.3 is 0 Å². The molecule has 0 atom stereocenters. The Hall–Kier alpha value is -1.97. The molecule has 20 heavy (non-hydrogen) atoms. The van der Waals surface area contributed by atoms with Crippen molar-refractivity contribution in [2.75, 3.05) is 17.7 Å². The normalized spacial score (nSPS) is 15.7. The van der Waals surface area contributed by atoms with Gasteiger partial charge in [0.05, 0.1) is 29.7 Å². The molecule has 1 fully saturated rings. The van der Waals surface area contributed by atoms with Gasteiger partial charge in [0.25, 0.3) is 0 Å². The number of nitrogen functional groups attached to an aromatic ring is 1. The number of nitrogens with zero attached hydrogens (tertiary/aromatic N) is 3. The second kappa shape index (κ2) is 5.57. The van der Waals surface area contributed by atoms with E-state index in [1.807, 2.05) is 24.3 Å². The molecule has 3 rings (SSSR count). The number of anilines is 2. The zero-order chi connectivity index (χ0) is 13.9. The summed E-state index contributed by atoms with van der Waals surface area (Å²) in [5.74, 6) is 0. The molecule has 1 saturated carbocycles. The Bertz CT molecular complexity index is 569. The van der Waals surface area contributed by atoms with Crippen LogP contribution in [0.15, 0.2) is 36.5 Å². The molecule has 1 heterocycles. The number of hydrogen-bond acceptors (Lipinski definition) is 3. The molecule has 1 aliphatic rings. The molecule has 0 radical (unpaired) electrons. The van der Waals surface area contributed by atoms with Gasteiger partial charge in [0.15, 0.2) is 0 Å². The van der Waals surface area contributed by atoms with Crippen LogP contribution in [0.4, 0.5) is 11.4 Å². The lowest BCUT2D eigenvalue weighted by Crippen LogP contribution is -2.18. The summed E-state index contributed by atoms with van der Waals surface area (Å²) < 4.78 is 2.14. The average molecular weight is 270 g/mol. The molecule has 4 heteroatoms. The van der Waals surface area contributed by atoms with Crippen molar-refractivity contribution in [3.05, 3.63) is 42.2 Å². The molecule has 4 nitrogen and oxygen atoms in total. The first kappa shape index (κ1) is 13.0. The van der Waals surface area contributed by atoms with Crippen LogP contribution >= 0.6 is 0 Å². The topological polar surface area (TPSA) is 47.1 Å². The molecule has 1 aliphatic carbocycles. The summed E-state index contributed by atoms with van der Waals surface area (Å²) in [5, 5.41) is 4.72. The molecule has 0 amide bonds. The van der Waals surface area contributed by atoms with Gasteiger partial charge in [0.1, 0.15) is 0 Å². The van der Waals surface area contributed by atoms with E-state index < -0.39 is 0 Å². The Morgan fingerprint density at radius 1 is 1.25 bits per heavy atom. The Balaban J connectivity index is 1.70. The monoisotopic (exact) mass is 270 g/mol. The largest absolute Gasteiger partial charge is 0.397 e. The standard InChI is InChI=1S/C16H22N4/c1-19(16-9-5-4-8-15(16)17)12-13-10-11-20(18-13)14-6-2-3-7-14/h4-5,8-11,14H,2-3,6-7,12,17H2,1H3. The molecule has 2 aromatic rings. The minimum Gasteiger partial charge on any atom is -0.397 e. The van der Waals surface area contributed by atoms with E-state index in [1.54, 1.807) is 0 Å². The third-order valence-electron chi connectivity index (χ3n) is 4.11. The first-order chi connectivity index (χ1) is 9.74. The van der Waals surface area contributed by atoms with Gasteiger partial charge in [-0.05, 0) is 31.0 Å². The van der Waals surface area contributed by atoms with Crippen molar-refractivity contribution in [1.82, 2.24) is 9.78 Å². The maximum Gasteiger partial charge on any atom is 0.0817 e. The van der Waals surface area contributed by atoms with Crippen molar-refractivity contribution in [2.45, 2.75) is 38.3 Å². The maximum absolute atomic E-state index is 6.01. The second-order valence-corrected chi connectivity index (χ2v) is 5.64. The molecule has 0 saturated heterocycles. The first-order valence-corrected chi connectivity index (χ1v) is 7.34. The van der Waals surface area contributed by atoms with E-state index >= 15 is 0 Å². The predicted octanol–water partition coefficient (Wildman–Crippen LogP) is 3.22. The van der Waals surface area contributed by atoms with E-state index in [0.29, 0.717) is 6.04 Å². The SMILES string of the molecule is CN(Cc1ccn(C2CCCC2)n1)c1ccccc1N. The lowest BCUT2D eigenvalue weighted by molar-refractivity contribution is 0.463. The van der Waals surface area contributed by atoms with Crippen LogP contribution < -0.4 is 10.6 Å². The molecule has 2 N–H and O–H groups in total. The summed E-state index contributed by atoms with van der Waals surface area (Å²) in [4.78, 5) is 2.15. The third kappa shape index (κ3) is 2.64. The van der Waals surface area contributed by atoms with Crippen LogP contribution in [0.5, 0.6) is 0 Å². The molecule has 106 valence electrons. The third-order valence-corrected chi connectivity index (χ3v) is 4.11. The predicted molar refractivity (Wildman–Crippen MR) is 82.7 cm³/mol. The highest BCUT2D eigenvalue weighted by atomic mass is 15.3. The smallest absolute Gasteiger partial charge is 0.0817 e. The first-order valence-electron chi connectivity index (χ1n) is 7.34. The van der Waals surface area contributed by atoms with Gasteiger partial charge in [-0.3, -0.25) is 4.68 Å². The number of aromatic nitrogens is 2. The van der Waals surface area contributed by atoms with Gasteiger partial charge in [-0.1, -0.05) is 25.0 Å². The molecule has 0 aliphatic heterocycles. The lowest BCUT2D eigenvalue weighted by atomic mass is 10.2. The Morgan fingerprint density at radius 3 is 2.75 bits per heavy atom. The Kier molecular flexibility index (Phi) is 3.63. The van der Waals surface area contributed by atoms with Crippen LogP contribution in [0.1, 0.15) is 37.4 Å². The van der Waals surface area contributed by atoms with Crippen LogP contribution in [0.2, 0.25) is 0 Å². The summed E-state index contributed by atoms with van der Waals surface area (Å²) in [6, 6.07) is 10.7. The number of benzene rings is 1. The lowest BCUT2D eigenvalue weighted by Gasteiger charge is -2.20. The van der Waals surface area contributed by atoms with Gasteiger partial charge < -0.3 is 10.6 Å². The summed E-state index contributed by atoms with van der Waals surface area (Å²) in [5.41, 5.74) is 8.98. The van der Waals surface area contributed by atoms with E-state index in [9.17, 15) is 0 Å². The van der Waals surface area contributed by atoms with Crippen LogP contribution in [-0.4, -0.2) is 16.8 Å². The van der Waals surface area contributed by atoms with Gasteiger partial charge in [-0.2, -0.15) is 5.10 Å². The molecular weight excluding hydrogens is 248 g/mol. The van der Waals surface area contributed by atoms with Crippen LogP contribution in [0.3, 0.4) is 0 Å². The fourth-order valence-corrected chi connectivity index (χ4v) is 3.00. The molecular formula is C16H22N4. The fraction of sp³-hybridized carbons (Fsp3) is 0.438. The van der Waals surface area contributed by atoms with Crippen molar-refractivity contribution in [2.24, 2.45) is 0 Å². The molecule has 0 bridgehead atoms. The summed E-state index contributed by atoms with van der Waals surface area (Å²) >= 11 is 0. The van der Waals surface area contributed by atoms with Crippen molar-refractivity contribution < 1.29 is 0 Å². The van der Waals surface area contributed by atoms with Gasteiger partial charge in [-0.25, -0.2) is 0 Å². The molecule has 0 unspecified atom stereocenters. The van der Waals surface area contributed by atoms with E-state index in [0.717, 1.165) is 23.6 Å². The van der Waals surface area contributed by atoms with Crippen LogP contribution in [-0.2, 0) is 6.54 Å². The van der Waals surface area contributed by atoms with Gasteiger partial charge in [0.2, 0.25) is 0 Å². The van der Waals surface area contributed by atoms with Crippen molar-refractivity contribution in [3.8, 4) is 0 Å². The minimum atomic E-state index is 0.607. The van der Waals surface area contributed by atoms with E-state index in [-0.39, 0.29) is 0 Å². The van der Waals surface area contributed by atoms with Gasteiger partial charge in [-0.15, -0.1) is 0 Å². The summed E-state index contributed by atoms with van der Waals surface area (Å²) in [6.07, 6.45) is 7.32. The van der Waals surface area contributed by atoms with Gasteiger partial charge in [0, 0.05) is 13.2 Å². The highest BCUT2D eigenvalue weighted by Crippen LogP contribution is 2.29. The maximum atomic E-state index is 6.01. The molecule has 0 spiro atoms. The van der Waals surface area contributed by atoms with Crippen LogP contribution in [0.25, 0.3) is 0 Å². The average Bonchev–Trinajstić information content (AvgIpc) is 3.09. The fourth-order valence-electron chi connectivity index (χ4n) is 3.00. The zero-order valence-corrected chi connectivity index (χ0v) is 12.0. The zero-order valence-electron chi connectivity index (χ0n) is 12.0. The molecule has 1 aromatic heterocycles. The summed E-state index contributed by atoms with van der Waals surface area (Å²) in [6.45, 7) is 0.786. The second-order valence-electron chi connectivity index (χ2n) is 5.64. The Morgan fingerprint density at radius 2 is 2.00 bits per heavy atom. The Labute approximate surface area is 120 Å². The quantitative estimate of drug-likeness (QED) is 0.868. The van der Waals surface area contributed by atoms with E-state index in [4.69, 9.17) is 10.8 Å². The van der Waals surface area contributed by atoms with Crippen molar-refractivity contribution >= 4 is 11.4 Å². The number of nitrogens with two attached hydrogens (primary N) is 1. The minimum absolute atomic E-state index is 0.607. The van der Waals surface area contributed by atoms with Crippen molar-refractivity contribution in [1.29, 1.82) is 0 Å². The number of hydrogen-bond donors (Lipinski definition) is 1. The molecule has 1 aromatic carbocycles. The number of rotatable bonds is 4. The highest BCUT2D eigenvalue weighted by Gasteiger charge is 2.17. The van der Waals surface area contributed by atoms with E-state index in [2.05, 4.69) is 28.9 Å². The van der Waals surface area contributed by atoms with E-state index in [1.165, 1.54) is 25.7 Å². The highest BCUT2D eigenvalue weighted by molar-refractivity contribution is 5.66. The van der Waals surface area contributed by atoms with Crippen LogP contribution in [0, 0.1) is 0 Å².